The van der Waals surface area contributed by atoms with E-state index < -0.39 is 0 Å². The van der Waals surface area contributed by atoms with Gasteiger partial charge in [-0.3, -0.25) is 0 Å². The molecule has 1 heterocycles. The van der Waals surface area contributed by atoms with Gasteiger partial charge in [-0.2, -0.15) is 4.98 Å². The lowest BCUT2D eigenvalue weighted by Crippen LogP contribution is -2.12. The van der Waals surface area contributed by atoms with E-state index in [4.69, 9.17) is 18.3 Å². The number of ether oxygens (including phenoxy) is 1. The second-order valence-corrected chi connectivity index (χ2v) is 5.37. The number of anilines is 2. The van der Waals surface area contributed by atoms with Crippen molar-refractivity contribution < 1.29 is 4.74 Å². The number of benzene rings is 1. The second kappa shape index (κ2) is 9.03. The predicted octanol–water partition coefficient (Wildman–Crippen LogP) is 2.08. The molecule has 2 aromatic rings. The van der Waals surface area contributed by atoms with Crippen LogP contribution in [0.5, 0.6) is 5.75 Å². The van der Waals surface area contributed by atoms with Crippen LogP contribution >= 0.6 is 0 Å². The number of aromatic nitrogens is 2. The molecule has 3 N–H and O–H groups in total. The van der Waals surface area contributed by atoms with Gasteiger partial charge in [0.2, 0.25) is 5.95 Å². The molecular formula is C17H23BN4O. The molecule has 1 aromatic heterocycles. The Labute approximate surface area is 139 Å². The van der Waals surface area contributed by atoms with E-state index >= 15 is 0 Å². The Hall–Kier alpha value is -2.24. The minimum absolute atomic E-state index is 0.244. The molecule has 0 aliphatic carbocycles. The molecule has 0 unspecified atom stereocenters. The number of nitrogens with one attached hydrogen (secondary N) is 1. The summed E-state index contributed by atoms with van der Waals surface area (Å²) in [5.41, 5.74) is 7.62. The number of rotatable bonds is 9. The van der Waals surface area contributed by atoms with E-state index in [-0.39, 0.29) is 5.95 Å². The van der Waals surface area contributed by atoms with Crippen LogP contribution in [0.3, 0.4) is 0 Å². The molecule has 2 rings (SSSR count). The first kappa shape index (κ1) is 17.1. The third kappa shape index (κ3) is 5.47. The lowest BCUT2D eigenvalue weighted by atomic mass is 9.89. The Bertz CT molecular complexity index is 621. The van der Waals surface area contributed by atoms with E-state index in [1.807, 2.05) is 24.3 Å². The van der Waals surface area contributed by atoms with Crippen LogP contribution in [0.2, 0.25) is 0 Å². The van der Waals surface area contributed by atoms with Crippen molar-refractivity contribution in [2.24, 2.45) is 0 Å². The average molecular weight is 310 g/mol. The monoisotopic (exact) mass is 310 g/mol. The normalized spacial score (nSPS) is 10.5. The zero-order chi connectivity index (χ0) is 16.5. The van der Waals surface area contributed by atoms with Gasteiger partial charge in [-0.25, -0.2) is 4.98 Å². The summed E-state index contributed by atoms with van der Waals surface area (Å²) in [5, 5.41) is 3.25. The molecule has 23 heavy (non-hydrogen) atoms. The third-order valence-corrected chi connectivity index (χ3v) is 3.50. The van der Waals surface area contributed by atoms with Gasteiger partial charge in [0.25, 0.3) is 0 Å². The van der Waals surface area contributed by atoms with Crippen LogP contribution in [0.25, 0.3) is 0 Å². The molecule has 0 atom stereocenters. The zero-order valence-electron chi connectivity index (χ0n) is 13.6. The maximum absolute atomic E-state index is 5.94. The zero-order valence-corrected chi connectivity index (χ0v) is 13.6. The molecule has 0 saturated carbocycles. The van der Waals surface area contributed by atoms with Crippen LogP contribution < -0.4 is 21.3 Å². The Morgan fingerprint density at radius 2 is 2.09 bits per heavy atom. The van der Waals surface area contributed by atoms with Crippen LogP contribution in [-0.4, -0.2) is 31.0 Å². The van der Waals surface area contributed by atoms with Crippen molar-refractivity contribution in [2.75, 3.05) is 24.2 Å². The van der Waals surface area contributed by atoms with Crippen LogP contribution in [0.1, 0.15) is 31.7 Å². The molecular weight excluding hydrogens is 287 g/mol. The van der Waals surface area contributed by atoms with Crippen LogP contribution in [0, 0.1) is 0 Å². The highest BCUT2D eigenvalue weighted by molar-refractivity contribution is 6.33. The standard InChI is InChI=1S/C17H23BN4O/c1-2-3-10-20-16-15(12-21-17(19)22-16)23-11-6-8-13-7-4-5-9-14(13)18/h4-5,7,9,12H,2-3,6,8,10-11H2,1H3,(H3,19,20,21,22). The Morgan fingerprint density at radius 3 is 2.87 bits per heavy atom. The predicted molar refractivity (Wildman–Crippen MR) is 95.5 cm³/mol. The number of nitrogen functional groups attached to an aromatic ring is 1. The maximum atomic E-state index is 5.94. The molecule has 6 heteroatoms. The summed E-state index contributed by atoms with van der Waals surface area (Å²) in [6.45, 7) is 3.55. The lowest BCUT2D eigenvalue weighted by molar-refractivity contribution is 0.310. The van der Waals surface area contributed by atoms with Crippen molar-refractivity contribution in [1.82, 2.24) is 9.97 Å². The first-order valence-electron chi connectivity index (χ1n) is 8.03. The highest BCUT2D eigenvalue weighted by Crippen LogP contribution is 2.21. The van der Waals surface area contributed by atoms with E-state index in [2.05, 4.69) is 22.2 Å². The van der Waals surface area contributed by atoms with Gasteiger partial charge in [-0.05, 0) is 19.3 Å². The van der Waals surface area contributed by atoms with Crippen molar-refractivity contribution in [2.45, 2.75) is 32.6 Å². The largest absolute Gasteiger partial charge is 0.488 e. The average Bonchev–Trinajstić information content (AvgIpc) is 2.55. The van der Waals surface area contributed by atoms with Gasteiger partial charge in [0.15, 0.2) is 11.6 Å². The van der Waals surface area contributed by atoms with Crippen molar-refractivity contribution >= 4 is 25.1 Å². The van der Waals surface area contributed by atoms with Gasteiger partial charge >= 0.3 is 0 Å². The van der Waals surface area contributed by atoms with E-state index in [0.717, 1.165) is 43.3 Å². The number of hydrogen-bond donors (Lipinski definition) is 2. The summed E-state index contributed by atoms with van der Waals surface area (Å²) in [6.07, 6.45) is 5.54. The molecule has 0 amide bonds. The molecule has 0 saturated heterocycles. The maximum Gasteiger partial charge on any atom is 0.222 e. The Morgan fingerprint density at radius 1 is 1.26 bits per heavy atom. The summed E-state index contributed by atoms with van der Waals surface area (Å²) in [4.78, 5) is 8.21. The van der Waals surface area contributed by atoms with Gasteiger partial charge in [0.1, 0.15) is 7.85 Å². The van der Waals surface area contributed by atoms with Crippen molar-refractivity contribution in [1.29, 1.82) is 0 Å². The first-order chi connectivity index (χ1) is 11.2. The minimum atomic E-state index is 0.244. The lowest BCUT2D eigenvalue weighted by Gasteiger charge is -2.12. The highest BCUT2D eigenvalue weighted by atomic mass is 16.5. The molecule has 0 aliphatic heterocycles. The van der Waals surface area contributed by atoms with E-state index in [1.54, 1.807) is 6.20 Å². The van der Waals surface area contributed by atoms with Gasteiger partial charge in [-0.1, -0.05) is 48.6 Å². The van der Waals surface area contributed by atoms with Crippen molar-refractivity contribution in [3.63, 3.8) is 0 Å². The van der Waals surface area contributed by atoms with Gasteiger partial charge in [0.05, 0.1) is 12.8 Å². The minimum Gasteiger partial charge on any atom is -0.488 e. The fourth-order valence-corrected chi connectivity index (χ4v) is 2.21. The number of nitrogens with zero attached hydrogens (tertiary/aromatic N) is 2. The molecule has 0 aliphatic rings. The number of aryl methyl sites for hydroxylation is 1. The van der Waals surface area contributed by atoms with Crippen molar-refractivity contribution in [3.05, 3.63) is 36.0 Å². The number of nitrogens with two attached hydrogens (primary N) is 1. The van der Waals surface area contributed by atoms with E-state index in [1.165, 1.54) is 0 Å². The topological polar surface area (TPSA) is 73.1 Å². The molecule has 5 nitrogen and oxygen atoms in total. The summed E-state index contributed by atoms with van der Waals surface area (Å²) in [7, 11) is 5.94. The molecule has 2 radical (unpaired) electrons. The van der Waals surface area contributed by atoms with Gasteiger partial charge in [0, 0.05) is 6.54 Å². The Balaban J connectivity index is 1.86. The van der Waals surface area contributed by atoms with E-state index in [9.17, 15) is 0 Å². The second-order valence-electron chi connectivity index (χ2n) is 5.37. The summed E-state index contributed by atoms with van der Waals surface area (Å²) in [6, 6.07) is 7.89. The molecule has 0 fully saturated rings. The third-order valence-electron chi connectivity index (χ3n) is 3.50. The summed E-state index contributed by atoms with van der Waals surface area (Å²) >= 11 is 0. The fraction of sp³-hybridized carbons (Fsp3) is 0.412. The number of unbranched alkanes of at least 4 members (excludes halogenated alkanes) is 1. The van der Waals surface area contributed by atoms with Gasteiger partial charge < -0.3 is 15.8 Å². The highest BCUT2D eigenvalue weighted by Gasteiger charge is 2.07. The van der Waals surface area contributed by atoms with Crippen LogP contribution in [0.4, 0.5) is 11.8 Å². The van der Waals surface area contributed by atoms with Crippen LogP contribution in [0.15, 0.2) is 30.5 Å². The van der Waals surface area contributed by atoms with Gasteiger partial charge in [-0.15, -0.1) is 0 Å². The van der Waals surface area contributed by atoms with Crippen molar-refractivity contribution in [3.8, 4) is 5.75 Å². The molecule has 0 bridgehead atoms. The molecule has 0 spiro atoms. The quantitative estimate of drug-likeness (QED) is 0.548. The van der Waals surface area contributed by atoms with Crippen LogP contribution in [-0.2, 0) is 6.42 Å². The Kier molecular flexibility index (Phi) is 6.72. The summed E-state index contributed by atoms with van der Waals surface area (Å²) in [5.74, 6) is 1.54. The SMILES string of the molecule is [B]c1ccccc1CCCOc1cnc(N)nc1NCCCC. The first-order valence-corrected chi connectivity index (χ1v) is 8.03. The summed E-state index contributed by atoms with van der Waals surface area (Å²) < 4.78 is 5.80. The van der Waals surface area contributed by atoms with E-state index in [0.29, 0.717) is 18.2 Å². The fourth-order valence-electron chi connectivity index (χ4n) is 2.21. The molecule has 1 aromatic carbocycles. The molecule has 120 valence electrons. The smallest absolute Gasteiger partial charge is 0.222 e. The number of hydrogen-bond acceptors (Lipinski definition) is 5.